The Balaban J connectivity index is 1.61. The van der Waals surface area contributed by atoms with Crippen molar-refractivity contribution < 1.29 is 23.5 Å². The van der Waals surface area contributed by atoms with Gasteiger partial charge in [0.05, 0.1) is 30.6 Å². The van der Waals surface area contributed by atoms with Crippen LogP contribution in [0.5, 0.6) is 0 Å². The summed E-state index contributed by atoms with van der Waals surface area (Å²) in [6, 6.07) is 1.79. The van der Waals surface area contributed by atoms with Crippen LogP contribution in [0.25, 0.3) is 0 Å². The number of fused-ring (bicyclic) bond motifs is 2. The van der Waals surface area contributed by atoms with Gasteiger partial charge in [-0.1, -0.05) is 30.9 Å². The Morgan fingerprint density at radius 3 is 2.96 bits per heavy atom. The standard InChI is InChI=1S/C20H16O5/c1-11-16-14(19(22)25-17(16)12-5-8-23-9-12)4-7-20(11)6-2-3-13-15(20)10-24-18(13)21/h2-5,7-9,13,15,17H,1,6,10H2. The van der Waals surface area contributed by atoms with E-state index in [0.717, 1.165) is 23.1 Å². The quantitative estimate of drug-likeness (QED) is 0.582. The second-order valence-corrected chi connectivity index (χ2v) is 6.92. The van der Waals surface area contributed by atoms with Gasteiger partial charge >= 0.3 is 11.9 Å². The van der Waals surface area contributed by atoms with Crippen molar-refractivity contribution in [3.05, 3.63) is 71.8 Å². The first-order valence-electron chi connectivity index (χ1n) is 8.31. The minimum Gasteiger partial charge on any atom is -0.472 e. The molecule has 2 aliphatic carbocycles. The lowest BCUT2D eigenvalue weighted by Crippen LogP contribution is -2.39. The SMILES string of the molecule is C=C1C2=C(C=CC13CC=CC1C(=O)OCC13)C(=O)OC2c1ccoc1. The molecule has 1 spiro atoms. The highest BCUT2D eigenvalue weighted by Gasteiger charge is 2.54. The highest BCUT2D eigenvalue weighted by molar-refractivity contribution is 5.97. The van der Waals surface area contributed by atoms with Crippen LogP contribution in [0.2, 0.25) is 0 Å². The zero-order chi connectivity index (χ0) is 17.2. The number of allylic oxidation sites excluding steroid dienone is 2. The summed E-state index contributed by atoms with van der Waals surface area (Å²) < 4.78 is 16.1. The van der Waals surface area contributed by atoms with Crippen molar-refractivity contribution in [3.63, 3.8) is 0 Å². The zero-order valence-corrected chi connectivity index (χ0v) is 13.4. The summed E-state index contributed by atoms with van der Waals surface area (Å²) in [7, 11) is 0. The molecule has 1 aromatic rings. The van der Waals surface area contributed by atoms with E-state index >= 15 is 0 Å². The maximum absolute atomic E-state index is 12.3. The predicted molar refractivity (Wildman–Crippen MR) is 87.0 cm³/mol. The average Bonchev–Trinajstić information content (AvgIpc) is 3.32. The van der Waals surface area contributed by atoms with Gasteiger partial charge in [-0.2, -0.15) is 0 Å². The fraction of sp³-hybridized carbons (Fsp3) is 0.300. The molecule has 2 aliphatic heterocycles. The summed E-state index contributed by atoms with van der Waals surface area (Å²) in [6.45, 7) is 4.71. The summed E-state index contributed by atoms with van der Waals surface area (Å²) >= 11 is 0. The minimum atomic E-state index is -0.516. The van der Waals surface area contributed by atoms with E-state index in [0.29, 0.717) is 12.2 Å². The monoisotopic (exact) mass is 336 g/mol. The Hall–Kier alpha value is -2.82. The van der Waals surface area contributed by atoms with Crippen molar-refractivity contribution in [2.75, 3.05) is 6.61 Å². The Morgan fingerprint density at radius 1 is 1.28 bits per heavy atom. The van der Waals surface area contributed by atoms with E-state index in [1.807, 2.05) is 24.3 Å². The number of furan rings is 1. The van der Waals surface area contributed by atoms with Crippen LogP contribution in [0.15, 0.2) is 70.6 Å². The molecule has 0 saturated carbocycles. The highest BCUT2D eigenvalue weighted by Crippen LogP contribution is 2.57. The Kier molecular flexibility index (Phi) is 2.82. The Labute approximate surface area is 144 Å². The third kappa shape index (κ3) is 1.78. The lowest BCUT2D eigenvalue weighted by atomic mass is 9.58. The molecule has 1 aromatic heterocycles. The molecule has 5 rings (SSSR count). The van der Waals surface area contributed by atoms with Crippen LogP contribution >= 0.6 is 0 Å². The predicted octanol–water partition coefficient (Wildman–Crippen LogP) is 3.04. The number of ether oxygens (including phenoxy) is 2. The van der Waals surface area contributed by atoms with Gasteiger partial charge in [0.25, 0.3) is 0 Å². The second-order valence-electron chi connectivity index (χ2n) is 6.92. The third-order valence-corrected chi connectivity index (χ3v) is 5.85. The topological polar surface area (TPSA) is 65.7 Å². The van der Waals surface area contributed by atoms with Crippen LogP contribution in [0, 0.1) is 17.3 Å². The summed E-state index contributed by atoms with van der Waals surface area (Å²) in [4.78, 5) is 24.4. The van der Waals surface area contributed by atoms with Crippen molar-refractivity contribution in [1.29, 1.82) is 0 Å². The molecule has 25 heavy (non-hydrogen) atoms. The first kappa shape index (κ1) is 14.5. The van der Waals surface area contributed by atoms with Gasteiger partial charge in [0.2, 0.25) is 0 Å². The molecule has 3 heterocycles. The van der Waals surface area contributed by atoms with E-state index in [9.17, 15) is 9.59 Å². The van der Waals surface area contributed by atoms with Crippen molar-refractivity contribution in [2.45, 2.75) is 12.5 Å². The van der Waals surface area contributed by atoms with E-state index in [1.54, 1.807) is 18.6 Å². The van der Waals surface area contributed by atoms with E-state index in [2.05, 4.69) is 6.58 Å². The molecule has 4 atom stereocenters. The fourth-order valence-electron chi connectivity index (χ4n) is 4.52. The molecule has 4 unspecified atom stereocenters. The second kappa shape index (κ2) is 4.85. The molecular weight excluding hydrogens is 320 g/mol. The molecule has 126 valence electrons. The molecule has 0 radical (unpaired) electrons. The largest absolute Gasteiger partial charge is 0.472 e. The first-order valence-corrected chi connectivity index (χ1v) is 8.31. The molecule has 0 bridgehead atoms. The van der Waals surface area contributed by atoms with Gasteiger partial charge in [-0.15, -0.1) is 0 Å². The normalized spacial score (nSPS) is 35.8. The van der Waals surface area contributed by atoms with E-state index in [1.165, 1.54) is 0 Å². The molecule has 5 nitrogen and oxygen atoms in total. The third-order valence-electron chi connectivity index (χ3n) is 5.85. The maximum atomic E-state index is 12.3. The van der Waals surface area contributed by atoms with E-state index in [4.69, 9.17) is 13.9 Å². The smallest absolute Gasteiger partial charge is 0.339 e. The Morgan fingerprint density at radius 2 is 2.16 bits per heavy atom. The molecule has 1 saturated heterocycles. The molecule has 5 heteroatoms. The van der Waals surface area contributed by atoms with Crippen LogP contribution in [0.3, 0.4) is 0 Å². The average molecular weight is 336 g/mol. The molecule has 1 fully saturated rings. The number of hydrogen-bond donors (Lipinski definition) is 0. The van der Waals surface area contributed by atoms with Gasteiger partial charge in [-0.25, -0.2) is 4.79 Å². The van der Waals surface area contributed by atoms with E-state index < -0.39 is 11.5 Å². The minimum absolute atomic E-state index is 0.0106. The number of cyclic esters (lactones) is 2. The van der Waals surface area contributed by atoms with Crippen molar-refractivity contribution in [2.24, 2.45) is 17.3 Å². The van der Waals surface area contributed by atoms with E-state index in [-0.39, 0.29) is 23.8 Å². The summed E-state index contributed by atoms with van der Waals surface area (Å²) in [5.74, 6) is -0.812. The molecule has 0 amide bonds. The molecular formula is C20H16O5. The summed E-state index contributed by atoms with van der Waals surface area (Å²) in [5, 5.41) is 0. The number of rotatable bonds is 1. The van der Waals surface area contributed by atoms with Crippen LogP contribution in [-0.2, 0) is 19.1 Å². The first-order chi connectivity index (χ1) is 12.1. The van der Waals surface area contributed by atoms with Crippen molar-refractivity contribution in [3.8, 4) is 0 Å². The highest BCUT2D eigenvalue weighted by atomic mass is 16.6. The summed E-state index contributed by atoms with van der Waals surface area (Å²) in [6.07, 6.45) is 11.1. The number of carbonyl (C=O) groups excluding carboxylic acids is 2. The molecule has 0 aromatic carbocycles. The van der Waals surface area contributed by atoms with Gasteiger partial charge in [0.15, 0.2) is 6.10 Å². The lowest BCUT2D eigenvalue weighted by Gasteiger charge is -2.43. The van der Waals surface area contributed by atoms with Crippen LogP contribution in [0.1, 0.15) is 18.1 Å². The van der Waals surface area contributed by atoms with Gasteiger partial charge in [-0.3, -0.25) is 4.79 Å². The molecule has 4 aliphatic rings. The van der Waals surface area contributed by atoms with Crippen molar-refractivity contribution >= 4 is 11.9 Å². The zero-order valence-electron chi connectivity index (χ0n) is 13.4. The Bertz CT molecular complexity index is 885. The van der Waals surface area contributed by atoms with Crippen molar-refractivity contribution in [1.82, 2.24) is 0 Å². The van der Waals surface area contributed by atoms with Gasteiger partial charge in [0.1, 0.15) is 0 Å². The van der Waals surface area contributed by atoms with Gasteiger partial charge < -0.3 is 13.9 Å². The number of hydrogen-bond acceptors (Lipinski definition) is 5. The van der Waals surface area contributed by atoms with Crippen LogP contribution < -0.4 is 0 Å². The van der Waals surface area contributed by atoms with Crippen LogP contribution in [-0.4, -0.2) is 18.5 Å². The lowest BCUT2D eigenvalue weighted by molar-refractivity contribution is -0.140. The number of carbonyl (C=O) groups is 2. The molecule has 0 N–H and O–H groups in total. The van der Waals surface area contributed by atoms with Crippen LogP contribution in [0.4, 0.5) is 0 Å². The number of esters is 2. The fourth-order valence-corrected chi connectivity index (χ4v) is 4.52. The van der Waals surface area contributed by atoms with Gasteiger partial charge in [-0.05, 0) is 18.1 Å². The summed E-state index contributed by atoms with van der Waals surface area (Å²) in [5.41, 5.74) is 2.52. The maximum Gasteiger partial charge on any atom is 0.339 e. The van der Waals surface area contributed by atoms with Gasteiger partial charge in [0, 0.05) is 22.5 Å².